The van der Waals surface area contributed by atoms with Crippen molar-refractivity contribution in [1.29, 1.82) is 0 Å². The summed E-state index contributed by atoms with van der Waals surface area (Å²) in [5.74, 6) is 1.00. The third-order valence-electron chi connectivity index (χ3n) is 7.16. The molecule has 0 radical (unpaired) electrons. The first kappa shape index (κ1) is 30.3. The van der Waals surface area contributed by atoms with Crippen LogP contribution in [0.2, 0.25) is 0 Å². The number of nitrogens with zero attached hydrogens (tertiary/aromatic N) is 2. The van der Waals surface area contributed by atoms with Gasteiger partial charge in [-0.05, 0) is 91.9 Å². The number of hydrogen-bond acceptors (Lipinski definition) is 5. The van der Waals surface area contributed by atoms with Crippen LogP contribution in [0, 0.1) is 12.7 Å². The van der Waals surface area contributed by atoms with Gasteiger partial charge in [-0.3, -0.25) is 9.62 Å². The summed E-state index contributed by atoms with van der Waals surface area (Å²) in [6, 6.07) is 19.2. The Morgan fingerprint density at radius 3 is 2.24 bits per heavy atom. The number of carbonyl (C=O) groups is 1. The molecule has 0 aliphatic carbocycles. The maximum Gasteiger partial charge on any atom is 0.322 e. The zero-order valence-electron chi connectivity index (χ0n) is 23.9. The van der Waals surface area contributed by atoms with Crippen LogP contribution in [-0.4, -0.2) is 56.2 Å². The van der Waals surface area contributed by atoms with Gasteiger partial charge in [-0.1, -0.05) is 25.5 Å². The van der Waals surface area contributed by atoms with Crippen molar-refractivity contribution in [1.82, 2.24) is 9.80 Å². The summed E-state index contributed by atoms with van der Waals surface area (Å²) in [4.78, 5) is 17.6. The predicted octanol–water partition coefficient (Wildman–Crippen LogP) is 6.60. The summed E-state index contributed by atoms with van der Waals surface area (Å²) in [6.07, 6.45) is 4.84. The number of aryl methyl sites for hydroxylation is 1. The lowest BCUT2D eigenvalue weighted by Gasteiger charge is -2.38. The molecule has 3 aromatic rings. The summed E-state index contributed by atoms with van der Waals surface area (Å²) in [5.41, 5.74) is 3.01. The summed E-state index contributed by atoms with van der Waals surface area (Å²) in [5, 5.41) is 3.00. The average Bonchev–Trinajstić information content (AvgIpc) is 2.93. The number of ether oxygens (including phenoxy) is 1. The zero-order valence-corrected chi connectivity index (χ0v) is 24.7. The average molecular weight is 583 g/mol. The number of benzene rings is 3. The predicted molar refractivity (Wildman–Crippen MR) is 161 cm³/mol. The van der Waals surface area contributed by atoms with E-state index >= 15 is 0 Å². The van der Waals surface area contributed by atoms with Crippen LogP contribution in [0.1, 0.15) is 43.7 Å². The Morgan fingerprint density at radius 1 is 1.02 bits per heavy atom. The highest BCUT2D eigenvalue weighted by atomic mass is 32.2. The van der Waals surface area contributed by atoms with Gasteiger partial charge in [0.2, 0.25) is 10.0 Å². The minimum Gasteiger partial charge on any atom is -0.457 e. The van der Waals surface area contributed by atoms with Crippen LogP contribution < -0.4 is 14.8 Å². The van der Waals surface area contributed by atoms with Gasteiger partial charge in [0.1, 0.15) is 17.3 Å². The molecule has 0 bridgehead atoms. The zero-order chi connectivity index (χ0) is 29.4. The molecule has 1 heterocycles. The lowest BCUT2D eigenvalue weighted by Crippen LogP contribution is -2.49. The van der Waals surface area contributed by atoms with E-state index in [0.29, 0.717) is 35.0 Å². The standard InChI is InChI=1S/C31H39FN4O4S/c1-4-5-18-36(31(37)33-30-15-8-25(32)21-23(30)2)27-16-19-35(20-17-27)22-24-6-11-28(12-7-24)40-29-13-9-26(10-14-29)34-41(3,38)39/h6-15,21,27,34H,4-5,16-20,22H2,1-3H3,(H,33,37). The molecule has 1 aliphatic rings. The number of likely N-dealkylation sites (tertiary alicyclic amines) is 1. The highest BCUT2D eigenvalue weighted by Gasteiger charge is 2.28. The summed E-state index contributed by atoms with van der Waals surface area (Å²) in [7, 11) is -3.32. The van der Waals surface area contributed by atoms with E-state index in [-0.39, 0.29) is 17.9 Å². The van der Waals surface area contributed by atoms with E-state index in [2.05, 4.69) is 21.9 Å². The Labute approximate surface area is 242 Å². The molecule has 1 fully saturated rings. The monoisotopic (exact) mass is 582 g/mol. The lowest BCUT2D eigenvalue weighted by atomic mass is 10.0. The van der Waals surface area contributed by atoms with E-state index in [0.717, 1.165) is 51.6 Å². The largest absolute Gasteiger partial charge is 0.457 e. The first-order valence-electron chi connectivity index (χ1n) is 14.0. The van der Waals surface area contributed by atoms with E-state index < -0.39 is 10.0 Å². The highest BCUT2D eigenvalue weighted by molar-refractivity contribution is 7.92. The molecule has 0 saturated carbocycles. The van der Waals surface area contributed by atoms with Gasteiger partial charge in [0.15, 0.2) is 0 Å². The number of sulfonamides is 1. The highest BCUT2D eigenvalue weighted by Crippen LogP contribution is 2.25. The number of anilines is 2. The molecule has 0 spiro atoms. The molecule has 0 atom stereocenters. The summed E-state index contributed by atoms with van der Waals surface area (Å²) < 4.78 is 44.6. The first-order chi connectivity index (χ1) is 19.6. The van der Waals surface area contributed by atoms with Gasteiger partial charge in [-0.15, -0.1) is 0 Å². The number of unbranched alkanes of at least 4 members (excludes halogenated alkanes) is 1. The topological polar surface area (TPSA) is 91.0 Å². The number of carbonyl (C=O) groups excluding carboxylic acids is 1. The fraction of sp³-hybridized carbons (Fsp3) is 0.387. The smallest absolute Gasteiger partial charge is 0.322 e. The molecular formula is C31H39FN4O4S. The fourth-order valence-electron chi connectivity index (χ4n) is 4.98. The van der Waals surface area contributed by atoms with Crippen molar-refractivity contribution in [2.45, 2.75) is 52.1 Å². The Bertz CT molecular complexity index is 1410. The van der Waals surface area contributed by atoms with Crippen LogP contribution in [0.25, 0.3) is 0 Å². The van der Waals surface area contributed by atoms with Crippen molar-refractivity contribution in [3.8, 4) is 11.5 Å². The Balaban J connectivity index is 1.28. The van der Waals surface area contributed by atoms with Crippen LogP contribution in [0.3, 0.4) is 0 Å². The normalized spacial score (nSPS) is 14.4. The molecule has 1 saturated heterocycles. The molecule has 220 valence electrons. The second kappa shape index (κ2) is 13.8. The van der Waals surface area contributed by atoms with Crippen LogP contribution in [0.5, 0.6) is 11.5 Å². The minimum absolute atomic E-state index is 0.122. The van der Waals surface area contributed by atoms with Crippen LogP contribution in [-0.2, 0) is 16.6 Å². The van der Waals surface area contributed by atoms with E-state index in [1.54, 1.807) is 37.3 Å². The molecule has 10 heteroatoms. The van der Waals surface area contributed by atoms with E-state index in [4.69, 9.17) is 4.74 Å². The number of urea groups is 1. The molecule has 41 heavy (non-hydrogen) atoms. The molecule has 4 rings (SSSR count). The number of halogens is 1. The summed E-state index contributed by atoms with van der Waals surface area (Å²) in [6.45, 7) is 7.21. The minimum atomic E-state index is -3.32. The number of rotatable bonds is 11. The second-order valence-electron chi connectivity index (χ2n) is 10.6. The summed E-state index contributed by atoms with van der Waals surface area (Å²) >= 11 is 0. The van der Waals surface area contributed by atoms with E-state index in [1.807, 2.05) is 29.2 Å². The first-order valence-corrected chi connectivity index (χ1v) is 15.9. The van der Waals surface area contributed by atoms with Crippen LogP contribution in [0.4, 0.5) is 20.6 Å². The quantitative estimate of drug-likeness (QED) is 0.266. The lowest BCUT2D eigenvalue weighted by molar-refractivity contribution is 0.122. The molecule has 1 aliphatic heterocycles. The SMILES string of the molecule is CCCCN(C(=O)Nc1ccc(F)cc1C)C1CCN(Cc2ccc(Oc3ccc(NS(C)(=O)=O)cc3)cc2)CC1. The van der Waals surface area contributed by atoms with Gasteiger partial charge in [0.05, 0.1) is 6.26 Å². The fourth-order valence-corrected chi connectivity index (χ4v) is 5.55. The number of piperidine rings is 1. The molecule has 3 aromatic carbocycles. The molecule has 8 nitrogen and oxygen atoms in total. The second-order valence-corrected chi connectivity index (χ2v) is 12.3. The van der Waals surface area contributed by atoms with Crippen LogP contribution in [0.15, 0.2) is 66.7 Å². The molecular weight excluding hydrogens is 543 g/mol. The third kappa shape index (κ3) is 9.19. The van der Waals surface area contributed by atoms with E-state index in [1.165, 1.54) is 17.7 Å². The van der Waals surface area contributed by atoms with Crippen molar-refractivity contribution in [3.05, 3.63) is 83.7 Å². The maximum absolute atomic E-state index is 13.5. The number of hydrogen-bond donors (Lipinski definition) is 2. The van der Waals surface area contributed by atoms with Gasteiger partial charge >= 0.3 is 6.03 Å². The Morgan fingerprint density at radius 2 is 1.66 bits per heavy atom. The van der Waals surface area contributed by atoms with Crippen molar-refractivity contribution < 1.29 is 22.3 Å². The van der Waals surface area contributed by atoms with Crippen molar-refractivity contribution in [3.63, 3.8) is 0 Å². The molecule has 0 unspecified atom stereocenters. The van der Waals surface area contributed by atoms with Gasteiger partial charge in [0, 0.05) is 43.6 Å². The molecule has 2 amide bonds. The van der Waals surface area contributed by atoms with Gasteiger partial charge in [-0.2, -0.15) is 0 Å². The van der Waals surface area contributed by atoms with Crippen LogP contribution >= 0.6 is 0 Å². The van der Waals surface area contributed by atoms with Gasteiger partial charge in [0.25, 0.3) is 0 Å². The molecule has 2 N–H and O–H groups in total. The van der Waals surface area contributed by atoms with Crippen molar-refractivity contribution in [2.75, 3.05) is 35.9 Å². The Kier molecular flexibility index (Phi) is 10.2. The Hall–Kier alpha value is -3.63. The number of amides is 2. The van der Waals surface area contributed by atoms with Gasteiger partial charge in [-0.25, -0.2) is 17.6 Å². The van der Waals surface area contributed by atoms with E-state index in [9.17, 15) is 17.6 Å². The molecule has 0 aromatic heterocycles. The van der Waals surface area contributed by atoms with Crippen molar-refractivity contribution in [2.24, 2.45) is 0 Å². The number of nitrogens with one attached hydrogen (secondary N) is 2. The third-order valence-corrected chi connectivity index (χ3v) is 7.77. The van der Waals surface area contributed by atoms with Crippen molar-refractivity contribution >= 4 is 27.4 Å². The van der Waals surface area contributed by atoms with Gasteiger partial charge < -0.3 is 15.0 Å². The maximum atomic E-state index is 13.5.